The first-order chi connectivity index (χ1) is 9.22. The summed E-state index contributed by atoms with van der Waals surface area (Å²) in [4.78, 5) is 13.8. The Morgan fingerprint density at radius 3 is 2.16 bits per heavy atom. The minimum absolute atomic E-state index is 0.307. The molecule has 1 aliphatic heterocycles. The summed E-state index contributed by atoms with van der Waals surface area (Å²) < 4.78 is 6.31. The number of benzene rings is 2. The lowest BCUT2D eigenvalue weighted by Gasteiger charge is -2.15. The molecule has 4 heteroatoms. The fourth-order valence-corrected chi connectivity index (χ4v) is 2.39. The van der Waals surface area contributed by atoms with Crippen molar-refractivity contribution in [2.45, 2.75) is 13.1 Å². The Hall–Kier alpha value is -1.81. The molecule has 0 radical (unpaired) electrons. The Morgan fingerprint density at radius 2 is 1.58 bits per heavy atom. The first-order valence-corrected chi connectivity index (χ1v) is 6.81. The van der Waals surface area contributed by atoms with E-state index in [9.17, 15) is 4.79 Å². The maximum absolute atomic E-state index is 12.1. The molecule has 0 N–H and O–H groups in total. The number of hydrogen-bond donors (Lipinski definition) is 0. The van der Waals surface area contributed by atoms with Crippen molar-refractivity contribution in [3.8, 4) is 5.75 Å². The molecule has 0 fully saturated rings. The van der Waals surface area contributed by atoms with Crippen molar-refractivity contribution in [3.05, 3.63) is 64.1 Å². The van der Waals surface area contributed by atoms with Crippen molar-refractivity contribution in [3.63, 3.8) is 0 Å². The number of rotatable bonds is 1. The molecule has 0 unspecified atom stereocenters. The third-order valence-electron chi connectivity index (χ3n) is 3.12. The van der Waals surface area contributed by atoms with E-state index in [1.54, 1.807) is 17.0 Å². The van der Waals surface area contributed by atoms with Gasteiger partial charge in [0.05, 0.1) is 0 Å². The molecule has 1 heterocycles. The van der Waals surface area contributed by atoms with Crippen LogP contribution >= 0.6 is 15.9 Å². The van der Waals surface area contributed by atoms with E-state index in [0.717, 1.165) is 4.47 Å². The predicted octanol–water partition coefficient (Wildman–Crippen LogP) is 3.96. The molecular formula is C15H12BrNO2. The van der Waals surface area contributed by atoms with Crippen molar-refractivity contribution in [2.75, 3.05) is 0 Å². The number of ether oxygens (including phenoxy) is 1. The lowest BCUT2D eigenvalue weighted by molar-refractivity contribution is 0.152. The Morgan fingerprint density at radius 1 is 1.00 bits per heavy atom. The highest BCUT2D eigenvalue weighted by Crippen LogP contribution is 2.24. The van der Waals surface area contributed by atoms with Gasteiger partial charge in [-0.05, 0) is 35.4 Å². The Bertz CT molecular complexity index is 585. The molecule has 0 aliphatic carbocycles. The van der Waals surface area contributed by atoms with Crippen LogP contribution in [0.15, 0.2) is 53.0 Å². The molecule has 2 aromatic rings. The number of amides is 1. The van der Waals surface area contributed by atoms with Crippen LogP contribution in [0.1, 0.15) is 11.1 Å². The van der Waals surface area contributed by atoms with Crippen molar-refractivity contribution in [1.29, 1.82) is 0 Å². The van der Waals surface area contributed by atoms with Crippen LogP contribution < -0.4 is 4.74 Å². The maximum Gasteiger partial charge on any atom is 0.415 e. The summed E-state index contributed by atoms with van der Waals surface area (Å²) in [6.07, 6.45) is -0.307. The highest BCUT2D eigenvalue weighted by Gasteiger charge is 2.24. The molecule has 2 aromatic carbocycles. The van der Waals surface area contributed by atoms with Crippen LogP contribution in [0.3, 0.4) is 0 Å². The lowest BCUT2D eigenvalue weighted by Crippen LogP contribution is -2.28. The van der Waals surface area contributed by atoms with E-state index in [-0.39, 0.29) is 6.09 Å². The molecule has 0 atom stereocenters. The van der Waals surface area contributed by atoms with Crippen molar-refractivity contribution in [2.24, 2.45) is 0 Å². The maximum atomic E-state index is 12.1. The zero-order valence-electron chi connectivity index (χ0n) is 10.2. The third-order valence-corrected chi connectivity index (χ3v) is 3.65. The SMILES string of the molecule is O=C(Oc1ccc(Br)cc1)N1Cc2ccccc2C1. The lowest BCUT2D eigenvalue weighted by atomic mass is 10.1. The molecule has 0 saturated carbocycles. The summed E-state index contributed by atoms with van der Waals surface area (Å²) >= 11 is 3.35. The number of carbonyl (C=O) groups is 1. The largest absolute Gasteiger partial charge is 0.415 e. The van der Waals surface area contributed by atoms with E-state index < -0.39 is 0 Å². The average Bonchev–Trinajstić information content (AvgIpc) is 2.85. The van der Waals surface area contributed by atoms with Gasteiger partial charge < -0.3 is 4.74 Å². The first-order valence-electron chi connectivity index (χ1n) is 6.01. The van der Waals surface area contributed by atoms with E-state index in [1.807, 2.05) is 36.4 Å². The standard InChI is InChI=1S/C15H12BrNO2/c16-13-5-7-14(8-6-13)19-15(18)17-9-11-3-1-2-4-12(11)10-17/h1-8H,9-10H2. The summed E-state index contributed by atoms with van der Waals surface area (Å²) in [7, 11) is 0. The smallest absolute Gasteiger partial charge is 0.410 e. The molecule has 0 bridgehead atoms. The monoisotopic (exact) mass is 317 g/mol. The van der Waals surface area contributed by atoms with Gasteiger partial charge in [-0.15, -0.1) is 0 Å². The molecule has 3 rings (SSSR count). The zero-order valence-corrected chi connectivity index (χ0v) is 11.8. The molecule has 0 saturated heterocycles. The molecule has 3 nitrogen and oxygen atoms in total. The topological polar surface area (TPSA) is 29.5 Å². The summed E-state index contributed by atoms with van der Waals surface area (Å²) in [5, 5.41) is 0. The summed E-state index contributed by atoms with van der Waals surface area (Å²) in [5.74, 6) is 0.559. The Labute approximate surface area is 119 Å². The minimum atomic E-state index is -0.307. The second-order valence-corrected chi connectivity index (χ2v) is 5.36. The second-order valence-electron chi connectivity index (χ2n) is 4.45. The summed E-state index contributed by atoms with van der Waals surface area (Å²) in [6.45, 7) is 1.23. The van der Waals surface area contributed by atoms with E-state index in [4.69, 9.17) is 4.74 Å². The molecule has 1 aliphatic rings. The quantitative estimate of drug-likeness (QED) is 0.796. The predicted molar refractivity (Wildman–Crippen MR) is 75.9 cm³/mol. The van der Waals surface area contributed by atoms with Crippen molar-refractivity contribution >= 4 is 22.0 Å². The number of carbonyl (C=O) groups excluding carboxylic acids is 1. The molecule has 19 heavy (non-hydrogen) atoms. The highest BCUT2D eigenvalue weighted by molar-refractivity contribution is 9.10. The van der Waals surface area contributed by atoms with Crippen LogP contribution in [0.25, 0.3) is 0 Å². The van der Waals surface area contributed by atoms with Gasteiger partial charge in [0.1, 0.15) is 5.75 Å². The molecule has 96 valence electrons. The normalized spacial score (nSPS) is 13.2. The van der Waals surface area contributed by atoms with Gasteiger partial charge in [-0.1, -0.05) is 40.2 Å². The van der Waals surface area contributed by atoms with Gasteiger partial charge in [0.2, 0.25) is 0 Å². The van der Waals surface area contributed by atoms with Gasteiger partial charge in [0, 0.05) is 17.6 Å². The minimum Gasteiger partial charge on any atom is -0.410 e. The van der Waals surface area contributed by atoms with Gasteiger partial charge in [-0.2, -0.15) is 0 Å². The van der Waals surface area contributed by atoms with Crippen molar-refractivity contribution in [1.82, 2.24) is 4.90 Å². The van der Waals surface area contributed by atoms with Crippen LogP contribution in [-0.4, -0.2) is 11.0 Å². The number of hydrogen-bond acceptors (Lipinski definition) is 2. The Kier molecular flexibility index (Phi) is 3.25. The van der Waals surface area contributed by atoms with Crippen molar-refractivity contribution < 1.29 is 9.53 Å². The average molecular weight is 318 g/mol. The van der Waals surface area contributed by atoms with Crippen LogP contribution in [0.2, 0.25) is 0 Å². The van der Waals surface area contributed by atoms with Gasteiger partial charge in [-0.25, -0.2) is 4.79 Å². The fraction of sp³-hybridized carbons (Fsp3) is 0.133. The van der Waals surface area contributed by atoms with E-state index in [1.165, 1.54) is 11.1 Å². The van der Waals surface area contributed by atoms with Gasteiger partial charge in [0.15, 0.2) is 0 Å². The molecular weight excluding hydrogens is 306 g/mol. The van der Waals surface area contributed by atoms with E-state index >= 15 is 0 Å². The van der Waals surface area contributed by atoms with Crippen LogP contribution in [-0.2, 0) is 13.1 Å². The fourth-order valence-electron chi connectivity index (χ4n) is 2.13. The molecule has 0 spiro atoms. The van der Waals surface area contributed by atoms with Gasteiger partial charge in [0.25, 0.3) is 0 Å². The van der Waals surface area contributed by atoms with E-state index in [2.05, 4.69) is 15.9 Å². The molecule has 0 aromatic heterocycles. The highest BCUT2D eigenvalue weighted by atomic mass is 79.9. The van der Waals surface area contributed by atoms with Crippen LogP contribution in [0.4, 0.5) is 4.79 Å². The molecule has 1 amide bonds. The summed E-state index contributed by atoms with van der Waals surface area (Å²) in [6, 6.07) is 15.3. The van der Waals surface area contributed by atoms with Crippen LogP contribution in [0.5, 0.6) is 5.75 Å². The Balaban J connectivity index is 1.68. The zero-order chi connectivity index (χ0) is 13.2. The first kappa shape index (κ1) is 12.2. The second kappa shape index (κ2) is 5.05. The van der Waals surface area contributed by atoms with Crippen LogP contribution in [0, 0.1) is 0 Å². The number of halogens is 1. The number of fused-ring (bicyclic) bond motifs is 1. The van der Waals surface area contributed by atoms with E-state index in [0.29, 0.717) is 18.8 Å². The third kappa shape index (κ3) is 2.63. The van der Waals surface area contributed by atoms with Gasteiger partial charge >= 0.3 is 6.09 Å². The number of nitrogens with zero attached hydrogens (tertiary/aromatic N) is 1. The van der Waals surface area contributed by atoms with Gasteiger partial charge in [-0.3, -0.25) is 4.90 Å². The summed E-state index contributed by atoms with van der Waals surface area (Å²) in [5.41, 5.74) is 2.38.